The number of aromatic carboxylic acids is 1. The van der Waals surface area contributed by atoms with E-state index >= 15 is 0 Å². The molecule has 0 spiro atoms. The van der Waals surface area contributed by atoms with E-state index in [-0.39, 0.29) is 17.0 Å². The Morgan fingerprint density at radius 2 is 2.19 bits per heavy atom. The van der Waals surface area contributed by atoms with Gasteiger partial charge in [-0.15, -0.1) is 0 Å². The summed E-state index contributed by atoms with van der Waals surface area (Å²) >= 11 is 0. The Morgan fingerprint density at radius 1 is 1.43 bits per heavy atom. The second-order valence-electron chi connectivity index (χ2n) is 4.51. The van der Waals surface area contributed by atoms with Crippen LogP contribution in [0.25, 0.3) is 0 Å². The maximum absolute atomic E-state index is 12.1. The van der Waals surface area contributed by atoms with Crippen molar-refractivity contribution >= 4 is 16.0 Å². The summed E-state index contributed by atoms with van der Waals surface area (Å²) in [4.78, 5) is 10.8. The monoisotopic (exact) mass is 309 g/mol. The van der Waals surface area contributed by atoms with E-state index in [1.165, 1.54) is 18.2 Å². The Morgan fingerprint density at radius 3 is 2.81 bits per heavy atom. The zero-order chi connectivity index (χ0) is 15.5. The van der Waals surface area contributed by atoms with Gasteiger partial charge in [0.25, 0.3) is 0 Å². The van der Waals surface area contributed by atoms with E-state index in [4.69, 9.17) is 5.11 Å². The number of carboxylic acid groups (broad SMARTS) is 1. The van der Waals surface area contributed by atoms with Crippen LogP contribution in [-0.4, -0.2) is 35.8 Å². The fraction of sp³-hybridized carbons (Fsp3) is 0.231. The number of sulfonamides is 1. The molecule has 0 bridgehead atoms. The van der Waals surface area contributed by atoms with Gasteiger partial charge in [0.15, 0.2) is 0 Å². The van der Waals surface area contributed by atoms with Crippen LogP contribution in [-0.2, 0) is 16.6 Å². The predicted molar refractivity (Wildman–Crippen MR) is 75.6 cm³/mol. The molecule has 0 fully saturated rings. The summed E-state index contributed by atoms with van der Waals surface area (Å²) in [5, 5.41) is 12.9. The lowest BCUT2D eigenvalue weighted by Crippen LogP contribution is -2.27. The van der Waals surface area contributed by atoms with Gasteiger partial charge in [0.05, 0.1) is 23.2 Å². The van der Waals surface area contributed by atoms with Gasteiger partial charge in [0.2, 0.25) is 10.0 Å². The van der Waals surface area contributed by atoms with E-state index < -0.39 is 16.0 Å². The third-order valence-corrected chi connectivity index (χ3v) is 4.25. The average molecular weight is 309 g/mol. The second kappa shape index (κ2) is 6.06. The highest BCUT2D eigenvalue weighted by Gasteiger charge is 2.15. The second-order valence-corrected chi connectivity index (χ2v) is 6.28. The molecule has 2 N–H and O–H groups in total. The molecule has 0 radical (unpaired) electrons. The van der Waals surface area contributed by atoms with Crippen LogP contribution >= 0.6 is 0 Å². The zero-order valence-electron chi connectivity index (χ0n) is 11.4. The summed E-state index contributed by atoms with van der Waals surface area (Å²) in [6.07, 6.45) is 3.49. The number of aromatic nitrogens is 2. The lowest BCUT2D eigenvalue weighted by Gasteiger charge is -2.07. The minimum absolute atomic E-state index is 0.0689. The standard InChI is InChI=1S/C13H15N3O4S/c1-10-8-14-16(9-10)6-5-15-21(19,20)12-4-2-3-11(7-12)13(17)18/h2-4,7-9,15H,5-6H2,1H3,(H,17,18). The number of hydrogen-bond donors (Lipinski definition) is 2. The molecule has 0 aliphatic heterocycles. The molecule has 0 unspecified atom stereocenters. The third kappa shape index (κ3) is 3.89. The first-order chi connectivity index (χ1) is 9.88. The molecule has 1 aromatic carbocycles. The minimum Gasteiger partial charge on any atom is -0.478 e. The van der Waals surface area contributed by atoms with Crippen molar-refractivity contribution in [3.63, 3.8) is 0 Å². The Kier molecular flexibility index (Phi) is 4.39. The number of nitrogens with zero attached hydrogens (tertiary/aromatic N) is 2. The van der Waals surface area contributed by atoms with Crippen LogP contribution in [0.1, 0.15) is 15.9 Å². The molecule has 8 heteroatoms. The zero-order valence-corrected chi connectivity index (χ0v) is 12.2. The van der Waals surface area contributed by atoms with Crippen LogP contribution in [0.5, 0.6) is 0 Å². The highest BCUT2D eigenvalue weighted by Crippen LogP contribution is 2.11. The number of benzene rings is 1. The van der Waals surface area contributed by atoms with Crippen LogP contribution in [0.2, 0.25) is 0 Å². The molecule has 2 rings (SSSR count). The quantitative estimate of drug-likeness (QED) is 0.824. The van der Waals surface area contributed by atoms with Crippen LogP contribution in [0.3, 0.4) is 0 Å². The van der Waals surface area contributed by atoms with Crippen molar-refractivity contribution in [1.29, 1.82) is 0 Å². The van der Waals surface area contributed by atoms with Gasteiger partial charge in [-0.25, -0.2) is 17.9 Å². The molecule has 1 heterocycles. The Hall–Kier alpha value is -2.19. The van der Waals surface area contributed by atoms with Crippen molar-refractivity contribution in [3.8, 4) is 0 Å². The normalized spacial score (nSPS) is 11.5. The van der Waals surface area contributed by atoms with E-state index in [1.54, 1.807) is 17.1 Å². The van der Waals surface area contributed by atoms with Crippen molar-refractivity contribution < 1.29 is 18.3 Å². The molecule has 0 aliphatic rings. The summed E-state index contributed by atoms with van der Waals surface area (Å²) < 4.78 is 28.2. The van der Waals surface area contributed by atoms with Crippen LogP contribution < -0.4 is 4.72 Å². The van der Waals surface area contributed by atoms with Crippen LogP contribution in [0.15, 0.2) is 41.6 Å². The predicted octanol–water partition coefficient (Wildman–Crippen LogP) is 0.868. The van der Waals surface area contributed by atoms with Crippen LogP contribution in [0, 0.1) is 6.92 Å². The number of rotatable bonds is 6. The highest BCUT2D eigenvalue weighted by molar-refractivity contribution is 7.89. The maximum atomic E-state index is 12.1. The first-order valence-electron chi connectivity index (χ1n) is 6.20. The lowest BCUT2D eigenvalue weighted by atomic mass is 10.2. The van der Waals surface area contributed by atoms with Crippen molar-refractivity contribution in [2.45, 2.75) is 18.4 Å². The largest absolute Gasteiger partial charge is 0.478 e. The van der Waals surface area contributed by atoms with Gasteiger partial charge in [-0.3, -0.25) is 4.68 Å². The first-order valence-corrected chi connectivity index (χ1v) is 7.69. The molecule has 21 heavy (non-hydrogen) atoms. The average Bonchev–Trinajstić information content (AvgIpc) is 2.84. The molecule has 0 amide bonds. The molecule has 7 nitrogen and oxygen atoms in total. The van der Waals surface area contributed by atoms with Gasteiger partial charge in [0.1, 0.15) is 0 Å². The Bertz CT molecular complexity index is 752. The number of aryl methyl sites for hydroxylation is 1. The van der Waals surface area contributed by atoms with E-state index in [0.29, 0.717) is 6.54 Å². The first kappa shape index (κ1) is 15.2. The summed E-state index contributed by atoms with van der Waals surface area (Å²) in [5.41, 5.74) is 0.924. The summed E-state index contributed by atoms with van der Waals surface area (Å²) in [6.45, 7) is 2.46. The van der Waals surface area contributed by atoms with E-state index in [2.05, 4.69) is 9.82 Å². The Balaban J connectivity index is 2.04. The number of carboxylic acids is 1. The summed E-state index contributed by atoms with van der Waals surface area (Å²) in [5.74, 6) is -1.17. The SMILES string of the molecule is Cc1cnn(CCNS(=O)(=O)c2cccc(C(=O)O)c2)c1. The molecule has 0 saturated heterocycles. The molecule has 112 valence electrons. The fourth-order valence-electron chi connectivity index (χ4n) is 1.76. The number of carbonyl (C=O) groups is 1. The molecular formula is C13H15N3O4S. The molecule has 0 saturated carbocycles. The smallest absolute Gasteiger partial charge is 0.335 e. The summed E-state index contributed by atoms with van der Waals surface area (Å²) in [7, 11) is -3.73. The van der Waals surface area contributed by atoms with Gasteiger partial charge in [-0.1, -0.05) is 6.07 Å². The van der Waals surface area contributed by atoms with Crippen molar-refractivity contribution in [2.75, 3.05) is 6.54 Å². The van der Waals surface area contributed by atoms with Crippen molar-refractivity contribution in [1.82, 2.24) is 14.5 Å². The topological polar surface area (TPSA) is 101 Å². The summed E-state index contributed by atoms with van der Waals surface area (Å²) in [6, 6.07) is 5.22. The minimum atomic E-state index is -3.73. The van der Waals surface area contributed by atoms with Gasteiger partial charge in [-0.05, 0) is 30.7 Å². The van der Waals surface area contributed by atoms with Crippen molar-refractivity contribution in [2.24, 2.45) is 0 Å². The van der Waals surface area contributed by atoms with Crippen molar-refractivity contribution in [3.05, 3.63) is 47.8 Å². The molecule has 0 atom stereocenters. The van der Waals surface area contributed by atoms with Gasteiger partial charge >= 0.3 is 5.97 Å². The lowest BCUT2D eigenvalue weighted by molar-refractivity contribution is 0.0696. The Labute approximate surface area is 122 Å². The van der Waals surface area contributed by atoms with Gasteiger partial charge in [0, 0.05) is 12.7 Å². The van der Waals surface area contributed by atoms with E-state index in [9.17, 15) is 13.2 Å². The van der Waals surface area contributed by atoms with Gasteiger partial charge in [-0.2, -0.15) is 5.10 Å². The molecule has 0 aliphatic carbocycles. The fourth-order valence-corrected chi connectivity index (χ4v) is 2.83. The number of hydrogen-bond acceptors (Lipinski definition) is 4. The molecular weight excluding hydrogens is 294 g/mol. The number of nitrogens with one attached hydrogen (secondary N) is 1. The maximum Gasteiger partial charge on any atom is 0.335 e. The van der Waals surface area contributed by atoms with E-state index in [1.807, 2.05) is 6.92 Å². The van der Waals surface area contributed by atoms with Gasteiger partial charge < -0.3 is 5.11 Å². The third-order valence-electron chi connectivity index (χ3n) is 2.79. The van der Waals surface area contributed by atoms with Crippen LogP contribution in [0.4, 0.5) is 0 Å². The van der Waals surface area contributed by atoms with E-state index in [0.717, 1.165) is 11.6 Å². The molecule has 1 aromatic heterocycles. The molecule has 2 aromatic rings. The highest BCUT2D eigenvalue weighted by atomic mass is 32.2.